The average Bonchev–Trinajstić information content (AvgIpc) is 2.62. The molecule has 0 spiro atoms. The van der Waals surface area contributed by atoms with Crippen LogP contribution in [0.25, 0.3) is 0 Å². The first-order valence-corrected chi connectivity index (χ1v) is 7.30. The highest BCUT2D eigenvalue weighted by molar-refractivity contribution is 7.85. The van der Waals surface area contributed by atoms with Gasteiger partial charge in [-0.1, -0.05) is 12.1 Å². The van der Waals surface area contributed by atoms with Gasteiger partial charge in [0, 0.05) is 18.2 Å². The van der Waals surface area contributed by atoms with Crippen molar-refractivity contribution in [2.45, 2.75) is 29.4 Å². The Kier molecular flexibility index (Phi) is 4.31. The van der Waals surface area contributed by atoms with Crippen LogP contribution < -0.4 is 5.32 Å². The van der Waals surface area contributed by atoms with Crippen molar-refractivity contribution in [1.29, 1.82) is 0 Å². The van der Waals surface area contributed by atoms with Crippen LogP contribution in [0.5, 0.6) is 0 Å². The lowest BCUT2D eigenvalue weighted by Crippen LogP contribution is -2.25. The molecule has 2 atom stereocenters. The number of benzene rings is 1. The molecule has 1 saturated heterocycles. The Labute approximate surface area is 113 Å². The third-order valence-electron chi connectivity index (χ3n) is 3.08. The average molecular weight is 281 g/mol. The van der Waals surface area contributed by atoms with Crippen LogP contribution >= 0.6 is 0 Å². The van der Waals surface area contributed by atoms with E-state index in [-0.39, 0.29) is 23.1 Å². The zero-order valence-electron chi connectivity index (χ0n) is 10.3. The lowest BCUT2D eigenvalue weighted by atomic mass is 10.2. The second-order valence-electron chi connectivity index (χ2n) is 4.42. The van der Waals surface area contributed by atoms with Crippen LogP contribution in [0.4, 0.5) is 0 Å². The molecule has 6 heteroatoms. The van der Waals surface area contributed by atoms with Crippen LogP contribution in [0.2, 0.25) is 0 Å². The standard InChI is InChI=1S/C13H15NO4S/c15-12-8-9(4-3-7-14-12)19(18)11-6-2-1-5-10(11)13(16)17/h1-2,5-6,9H,3-4,7-8H2,(H,14,15)(H,16,17). The molecule has 1 amide bonds. The van der Waals surface area contributed by atoms with Crippen LogP contribution in [-0.2, 0) is 15.6 Å². The number of hydrogen-bond donors (Lipinski definition) is 2. The van der Waals surface area contributed by atoms with Gasteiger partial charge in [0.1, 0.15) is 0 Å². The molecular weight excluding hydrogens is 266 g/mol. The first-order valence-electron chi connectivity index (χ1n) is 6.09. The number of carboxylic acid groups (broad SMARTS) is 1. The zero-order valence-corrected chi connectivity index (χ0v) is 11.1. The third kappa shape index (κ3) is 3.20. The summed E-state index contributed by atoms with van der Waals surface area (Å²) in [6, 6.07) is 6.26. The van der Waals surface area contributed by atoms with E-state index in [4.69, 9.17) is 5.11 Å². The smallest absolute Gasteiger partial charge is 0.336 e. The van der Waals surface area contributed by atoms with Gasteiger partial charge in [-0.3, -0.25) is 9.00 Å². The van der Waals surface area contributed by atoms with Crippen molar-refractivity contribution in [3.8, 4) is 0 Å². The van der Waals surface area contributed by atoms with Gasteiger partial charge in [-0.25, -0.2) is 4.79 Å². The van der Waals surface area contributed by atoms with Crippen molar-refractivity contribution < 1.29 is 18.9 Å². The highest BCUT2D eigenvalue weighted by atomic mass is 32.2. The van der Waals surface area contributed by atoms with E-state index in [0.29, 0.717) is 17.9 Å². The van der Waals surface area contributed by atoms with Crippen LogP contribution in [0.15, 0.2) is 29.2 Å². The van der Waals surface area contributed by atoms with Gasteiger partial charge >= 0.3 is 5.97 Å². The van der Waals surface area contributed by atoms with E-state index in [9.17, 15) is 13.8 Å². The van der Waals surface area contributed by atoms with Gasteiger partial charge in [0.2, 0.25) is 5.91 Å². The Hall–Kier alpha value is -1.69. The Morgan fingerprint density at radius 2 is 2.11 bits per heavy atom. The van der Waals surface area contributed by atoms with Crippen molar-refractivity contribution in [1.82, 2.24) is 5.32 Å². The van der Waals surface area contributed by atoms with Crippen molar-refractivity contribution in [2.75, 3.05) is 6.54 Å². The summed E-state index contributed by atoms with van der Waals surface area (Å²) in [6.45, 7) is 0.590. The number of rotatable bonds is 3. The largest absolute Gasteiger partial charge is 0.478 e. The summed E-state index contributed by atoms with van der Waals surface area (Å²) in [5.41, 5.74) is 0.0467. The number of amides is 1. The lowest BCUT2D eigenvalue weighted by molar-refractivity contribution is -0.120. The van der Waals surface area contributed by atoms with Gasteiger partial charge in [-0.2, -0.15) is 0 Å². The van der Waals surface area contributed by atoms with E-state index in [2.05, 4.69) is 5.32 Å². The highest BCUT2D eigenvalue weighted by Crippen LogP contribution is 2.22. The Balaban J connectivity index is 2.28. The van der Waals surface area contributed by atoms with Gasteiger partial charge < -0.3 is 10.4 Å². The van der Waals surface area contributed by atoms with Crippen molar-refractivity contribution in [3.63, 3.8) is 0 Å². The predicted molar refractivity (Wildman–Crippen MR) is 70.5 cm³/mol. The van der Waals surface area contributed by atoms with Crippen LogP contribution in [0, 0.1) is 0 Å². The van der Waals surface area contributed by atoms with Gasteiger partial charge in [0.25, 0.3) is 0 Å². The second-order valence-corrected chi connectivity index (χ2v) is 6.12. The summed E-state index contributed by atoms with van der Waals surface area (Å²) >= 11 is 0. The summed E-state index contributed by atoms with van der Waals surface area (Å²) in [5.74, 6) is -1.22. The summed E-state index contributed by atoms with van der Waals surface area (Å²) in [4.78, 5) is 22.9. The summed E-state index contributed by atoms with van der Waals surface area (Å²) < 4.78 is 12.5. The SMILES string of the molecule is O=C1CC(S(=O)c2ccccc2C(=O)O)CCCN1. The van der Waals surface area contributed by atoms with E-state index in [0.717, 1.165) is 6.42 Å². The molecule has 1 heterocycles. The molecule has 2 unspecified atom stereocenters. The molecule has 0 aromatic heterocycles. The molecule has 1 fully saturated rings. The maximum absolute atomic E-state index is 12.5. The van der Waals surface area contributed by atoms with Crippen LogP contribution in [-0.4, -0.2) is 33.0 Å². The minimum atomic E-state index is -1.48. The maximum Gasteiger partial charge on any atom is 0.336 e. The molecule has 0 saturated carbocycles. The minimum Gasteiger partial charge on any atom is -0.478 e. The van der Waals surface area contributed by atoms with Gasteiger partial charge in [-0.05, 0) is 25.0 Å². The molecule has 0 bridgehead atoms. The minimum absolute atomic E-state index is 0.0467. The molecule has 19 heavy (non-hydrogen) atoms. The second kappa shape index (κ2) is 5.97. The van der Waals surface area contributed by atoms with Crippen LogP contribution in [0.1, 0.15) is 29.6 Å². The number of aromatic carboxylic acids is 1. The summed E-state index contributed by atoms with van der Waals surface area (Å²) in [7, 11) is -1.48. The van der Waals surface area contributed by atoms with E-state index < -0.39 is 16.8 Å². The van der Waals surface area contributed by atoms with E-state index in [1.54, 1.807) is 18.2 Å². The van der Waals surface area contributed by atoms with Crippen molar-refractivity contribution in [3.05, 3.63) is 29.8 Å². The number of carboxylic acids is 1. The normalized spacial score (nSPS) is 21.3. The zero-order chi connectivity index (χ0) is 13.8. The monoisotopic (exact) mass is 281 g/mol. The van der Waals surface area contributed by atoms with Crippen molar-refractivity contribution >= 4 is 22.7 Å². The van der Waals surface area contributed by atoms with E-state index >= 15 is 0 Å². The van der Waals surface area contributed by atoms with E-state index in [1.807, 2.05) is 0 Å². The maximum atomic E-state index is 12.5. The fourth-order valence-corrected chi connectivity index (χ4v) is 3.75. The third-order valence-corrected chi connectivity index (χ3v) is 4.87. The fourth-order valence-electron chi connectivity index (χ4n) is 2.12. The molecular formula is C13H15NO4S. The molecule has 0 radical (unpaired) electrons. The number of hydrogen-bond acceptors (Lipinski definition) is 3. The predicted octanol–water partition coefficient (Wildman–Crippen LogP) is 1.16. The topological polar surface area (TPSA) is 83.5 Å². The molecule has 2 rings (SSSR count). The number of carbonyl (C=O) groups is 2. The Morgan fingerprint density at radius 1 is 1.37 bits per heavy atom. The van der Waals surface area contributed by atoms with Gasteiger partial charge in [-0.15, -0.1) is 0 Å². The highest BCUT2D eigenvalue weighted by Gasteiger charge is 2.26. The molecule has 1 aliphatic heterocycles. The molecule has 1 aromatic rings. The molecule has 1 aliphatic rings. The summed E-state index contributed by atoms with van der Waals surface area (Å²) in [6.07, 6.45) is 1.59. The number of carbonyl (C=O) groups excluding carboxylic acids is 1. The fraction of sp³-hybridized carbons (Fsp3) is 0.385. The quantitative estimate of drug-likeness (QED) is 0.871. The Bertz CT molecular complexity index is 529. The first kappa shape index (κ1) is 13.7. The van der Waals surface area contributed by atoms with Gasteiger partial charge in [0.05, 0.1) is 21.3 Å². The molecule has 2 N–H and O–H groups in total. The Morgan fingerprint density at radius 3 is 2.84 bits per heavy atom. The van der Waals surface area contributed by atoms with Crippen LogP contribution in [0.3, 0.4) is 0 Å². The first-order chi connectivity index (χ1) is 9.09. The summed E-state index contributed by atoms with van der Waals surface area (Å²) in [5, 5.41) is 11.5. The molecule has 5 nitrogen and oxygen atoms in total. The molecule has 1 aromatic carbocycles. The van der Waals surface area contributed by atoms with Crippen molar-refractivity contribution in [2.24, 2.45) is 0 Å². The number of nitrogens with one attached hydrogen (secondary N) is 1. The molecule has 0 aliphatic carbocycles. The molecule has 102 valence electrons. The van der Waals surface area contributed by atoms with Gasteiger partial charge in [0.15, 0.2) is 0 Å². The lowest BCUT2D eigenvalue weighted by Gasteiger charge is -2.14. The van der Waals surface area contributed by atoms with E-state index in [1.165, 1.54) is 6.07 Å².